The number of fused-ring (bicyclic) bond motifs is 2. The molecule has 4 rings (SSSR count). The Labute approximate surface area is 148 Å². The molecule has 7 nitrogen and oxygen atoms in total. The maximum atomic E-state index is 12.2. The molecule has 2 N–H and O–H groups in total. The highest BCUT2D eigenvalue weighted by Gasteiger charge is 2.10. The van der Waals surface area contributed by atoms with Crippen LogP contribution < -0.4 is 10.9 Å². The topological polar surface area (TPSA) is 101 Å². The van der Waals surface area contributed by atoms with Crippen molar-refractivity contribution in [2.24, 2.45) is 0 Å². The molecule has 0 unspecified atom stereocenters. The maximum Gasteiger partial charge on any atom is 0.270 e. The third-order valence-corrected chi connectivity index (χ3v) is 4.04. The summed E-state index contributed by atoms with van der Waals surface area (Å²) < 4.78 is 5.41. The first-order valence-electron chi connectivity index (χ1n) is 8.23. The van der Waals surface area contributed by atoms with Gasteiger partial charge < -0.3 is 14.7 Å². The quantitative estimate of drug-likeness (QED) is 0.590. The number of H-pyrrole nitrogens is 1. The van der Waals surface area contributed by atoms with Gasteiger partial charge in [0.15, 0.2) is 11.5 Å². The number of benzene rings is 2. The number of nitrogens with one attached hydrogen (secondary N) is 2. The van der Waals surface area contributed by atoms with Crippen molar-refractivity contribution in [3.05, 3.63) is 64.4 Å². The molecule has 4 aromatic rings. The molecule has 7 heteroatoms. The zero-order valence-corrected chi connectivity index (χ0v) is 14.1. The van der Waals surface area contributed by atoms with Crippen molar-refractivity contribution in [2.75, 3.05) is 5.32 Å². The van der Waals surface area contributed by atoms with Gasteiger partial charge in [-0.3, -0.25) is 9.59 Å². The molecule has 2 aromatic carbocycles. The van der Waals surface area contributed by atoms with Crippen molar-refractivity contribution >= 4 is 33.7 Å². The van der Waals surface area contributed by atoms with E-state index in [4.69, 9.17) is 4.42 Å². The van der Waals surface area contributed by atoms with Gasteiger partial charge in [-0.25, -0.2) is 9.97 Å². The number of hydrogen-bond donors (Lipinski definition) is 2. The van der Waals surface area contributed by atoms with Crippen LogP contribution in [0, 0.1) is 6.92 Å². The minimum atomic E-state index is -0.268. The highest BCUT2D eigenvalue weighted by Crippen LogP contribution is 2.19. The number of carbonyl (C=O) groups is 1. The first-order valence-corrected chi connectivity index (χ1v) is 8.23. The Bertz CT molecular complexity index is 1180. The number of aromatic nitrogens is 3. The van der Waals surface area contributed by atoms with Crippen LogP contribution >= 0.6 is 0 Å². The fraction of sp³-hybridized carbons (Fsp3) is 0.158. The van der Waals surface area contributed by atoms with Crippen LogP contribution in [0.2, 0.25) is 0 Å². The Morgan fingerprint density at radius 3 is 2.88 bits per heavy atom. The molecule has 0 saturated carbocycles. The Morgan fingerprint density at radius 1 is 1.15 bits per heavy atom. The minimum absolute atomic E-state index is 0.157. The van der Waals surface area contributed by atoms with Gasteiger partial charge in [-0.1, -0.05) is 12.1 Å². The fourth-order valence-electron chi connectivity index (χ4n) is 2.81. The van der Waals surface area contributed by atoms with E-state index in [0.717, 1.165) is 0 Å². The maximum absolute atomic E-state index is 12.2. The smallest absolute Gasteiger partial charge is 0.270 e. The van der Waals surface area contributed by atoms with Gasteiger partial charge >= 0.3 is 0 Å². The van der Waals surface area contributed by atoms with Crippen LogP contribution in [0.1, 0.15) is 18.0 Å². The number of anilines is 1. The van der Waals surface area contributed by atoms with Gasteiger partial charge in [0.25, 0.3) is 5.56 Å². The van der Waals surface area contributed by atoms with Crippen molar-refractivity contribution in [3.63, 3.8) is 0 Å². The third-order valence-electron chi connectivity index (χ3n) is 4.04. The molecule has 0 saturated heterocycles. The molecule has 26 heavy (non-hydrogen) atoms. The van der Waals surface area contributed by atoms with Crippen LogP contribution in [0.25, 0.3) is 22.1 Å². The number of amides is 1. The van der Waals surface area contributed by atoms with Crippen molar-refractivity contribution in [3.8, 4) is 0 Å². The normalized spacial score (nSPS) is 11.1. The van der Waals surface area contributed by atoms with E-state index < -0.39 is 0 Å². The highest BCUT2D eigenvalue weighted by molar-refractivity contribution is 5.92. The average Bonchev–Trinajstić information content (AvgIpc) is 2.99. The van der Waals surface area contributed by atoms with E-state index in [1.807, 2.05) is 18.2 Å². The summed E-state index contributed by atoms with van der Waals surface area (Å²) in [4.78, 5) is 35.7. The van der Waals surface area contributed by atoms with E-state index >= 15 is 0 Å². The molecule has 2 aromatic heterocycles. The number of hydrogen-bond acceptors (Lipinski definition) is 5. The number of carbonyl (C=O) groups excluding carboxylic acids is 1. The van der Waals surface area contributed by atoms with E-state index in [9.17, 15) is 9.59 Å². The zero-order chi connectivity index (χ0) is 18.1. The fourth-order valence-corrected chi connectivity index (χ4v) is 2.81. The van der Waals surface area contributed by atoms with Crippen LogP contribution in [-0.2, 0) is 11.2 Å². The average molecular weight is 348 g/mol. The molecule has 1 amide bonds. The predicted octanol–water partition coefficient (Wildman–Crippen LogP) is 2.94. The first-order chi connectivity index (χ1) is 12.6. The molecule has 0 spiro atoms. The van der Waals surface area contributed by atoms with E-state index in [0.29, 0.717) is 39.4 Å². The standard InChI is InChI=1S/C19H16N4O3/c1-11-20-16-10-12(6-8-17(16)26-11)21-18(24)9-7-15-19(25)23-14-5-3-2-4-13(14)22-15/h2-6,8,10H,7,9H2,1H3,(H,21,24)(H,23,25). The van der Waals surface area contributed by atoms with Crippen molar-refractivity contribution < 1.29 is 9.21 Å². The summed E-state index contributed by atoms with van der Waals surface area (Å²) in [6, 6.07) is 12.6. The van der Waals surface area contributed by atoms with Gasteiger partial charge in [-0.05, 0) is 30.3 Å². The van der Waals surface area contributed by atoms with Gasteiger partial charge in [0.2, 0.25) is 5.91 Å². The van der Waals surface area contributed by atoms with Crippen molar-refractivity contribution in [1.29, 1.82) is 0 Å². The van der Waals surface area contributed by atoms with E-state index in [2.05, 4.69) is 20.3 Å². The van der Waals surface area contributed by atoms with Crippen LogP contribution in [0.5, 0.6) is 0 Å². The number of nitrogens with zero attached hydrogens (tertiary/aromatic N) is 2. The second kappa shape index (κ2) is 6.44. The summed E-state index contributed by atoms with van der Waals surface area (Å²) in [5, 5.41) is 2.81. The largest absolute Gasteiger partial charge is 0.441 e. The molecular weight excluding hydrogens is 332 g/mol. The van der Waals surface area contributed by atoms with E-state index in [1.165, 1.54) is 0 Å². The summed E-state index contributed by atoms with van der Waals surface area (Å²) >= 11 is 0. The number of aryl methyl sites for hydroxylation is 2. The molecule has 0 bridgehead atoms. The Balaban J connectivity index is 1.46. The molecule has 130 valence electrons. The van der Waals surface area contributed by atoms with Crippen LogP contribution in [0.15, 0.2) is 51.7 Å². The lowest BCUT2D eigenvalue weighted by atomic mass is 10.2. The van der Waals surface area contributed by atoms with Gasteiger partial charge in [-0.15, -0.1) is 0 Å². The predicted molar refractivity (Wildman–Crippen MR) is 98.1 cm³/mol. The second-order valence-corrected chi connectivity index (χ2v) is 5.99. The van der Waals surface area contributed by atoms with Crippen LogP contribution in [-0.4, -0.2) is 20.9 Å². The molecule has 0 fully saturated rings. The first kappa shape index (κ1) is 16.0. The third kappa shape index (κ3) is 3.19. The molecule has 0 aliphatic carbocycles. The lowest BCUT2D eigenvalue weighted by Gasteiger charge is -2.05. The van der Waals surface area contributed by atoms with Crippen molar-refractivity contribution in [1.82, 2.24) is 15.0 Å². The zero-order valence-electron chi connectivity index (χ0n) is 14.1. The summed E-state index contributed by atoms with van der Waals surface area (Å²) in [6.45, 7) is 1.77. The number of aromatic amines is 1. The summed E-state index contributed by atoms with van der Waals surface area (Å²) in [5.41, 5.74) is 3.46. The minimum Gasteiger partial charge on any atom is -0.441 e. The molecule has 0 radical (unpaired) electrons. The number of oxazole rings is 1. The summed E-state index contributed by atoms with van der Waals surface area (Å²) in [6.07, 6.45) is 0.418. The second-order valence-electron chi connectivity index (χ2n) is 5.99. The lowest BCUT2D eigenvalue weighted by molar-refractivity contribution is -0.116. The SMILES string of the molecule is Cc1nc2cc(NC(=O)CCc3nc4ccccc4[nH]c3=O)ccc2o1. The van der Waals surface area contributed by atoms with Crippen LogP contribution in [0.4, 0.5) is 5.69 Å². The molecule has 0 atom stereocenters. The van der Waals surface area contributed by atoms with Crippen molar-refractivity contribution in [2.45, 2.75) is 19.8 Å². The molecule has 0 aliphatic heterocycles. The highest BCUT2D eigenvalue weighted by atomic mass is 16.3. The Hall–Kier alpha value is -3.48. The summed E-state index contributed by atoms with van der Waals surface area (Å²) in [7, 11) is 0. The lowest BCUT2D eigenvalue weighted by Crippen LogP contribution is -2.19. The van der Waals surface area contributed by atoms with Gasteiger partial charge in [0.05, 0.1) is 11.0 Å². The Kier molecular flexibility index (Phi) is 3.96. The molecular formula is C19H16N4O3. The van der Waals surface area contributed by atoms with Gasteiger partial charge in [0.1, 0.15) is 11.2 Å². The van der Waals surface area contributed by atoms with Gasteiger partial charge in [-0.2, -0.15) is 0 Å². The van der Waals surface area contributed by atoms with E-state index in [-0.39, 0.29) is 24.3 Å². The molecule has 0 aliphatic rings. The summed E-state index contributed by atoms with van der Waals surface area (Å²) in [5.74, 6) is 0.379. The molecule has 2 heterocycles. The van der Waals surface area contributed by atoms with Crippen LogP contribution in [0.3, 0.4) is 0 Å². The number of para-hydroxylation sites is 2. The monoisotopic (exact) mass is 348 g/mol. The van der Waals surface area contributed by atoms with Gasteiger partial charge in [0, 0.05) is 25.5 Å². The Morgan fingerprint density at radius 2 is 2.00 bits per heavy atom. The van der Waals surface area contributed by atoms with E-state index in [1.54, 1.807) is 31.2 Å². The number of rotatable bonds is 4.